The molecule has 20 heavy (non-hydrogen) atoms. The van der Waals surface area contributed by atoms with E-state index in [2.05, 4.69) is 5.32 Å². The van der Waals surface area contributed by atoms with E-state index in [-0.39, 0.29) is 11.4 Å². The minimum atomic E-state index is -0.941. The number of aromatic carboxylic acids is 1. The minimum absolute atomic E-state index is 0.255. The summed E-state index contributed by atoms with van der Waals surface area (Å²) in [5, 5.41) is 12.2. The highest BCUT2D eigenvalue weighted by Crippen LogP contribution is 2.17. The van der Waals surface area contributed by atoms with Crippen LogP contribution in [-0.4, -0.2) is 11.1 Å². The van der Waals surface area contributed by atoms with E-state index in [4.69, 9.17) is 5.11 Å². The second-order valence-corrected chi connectivity index (χ2v) is 4.76. The van der Waals surface area contributed by atoms with Gasteiger partial charge < -0.3 is 10.4 Å². The Balaban J connectivity index is 2.15. The molecular weight excluding hydrogens is 257 g/mol. The van der Waals surface area contributed by atoms with Crippen LogP contribution in [0.15, 0.2) is 36.4 Å². The number of benzene rings is 2. The average Bonchev–Trinajstić information content (AvgIpc) is 2.39. The van der Waals surface area contributed by atoms with Gasteiger partial charge in [-0.05, 0) is 54.8 Å². The Labute approximate surface area is 117 Å². The van der Waals surface area contributed by atoms with Gasteiger partial charge in [0.05, 0.1) is 5.56 Å². The van der Waals surface area contributed by atoms with E-state index in [1.807, 2.05) is 13.0 Å². The Morgan fingerprint density at radius 2 is 1.90 bits per heavy atom. The van der Waals surface area contributed by atoms with E-state index < -0.39 is 5.97 Å². The van der Waals surface area contributed by atoms with Gasteiger partial charge in [0.25, 0.3) is 0 Å². The SMILES string of the molecule is Cc1cc(F)ccc1CNc1ccc(C)c(C(=O)O)c1. The van der Waals surface area contributed by atoms with Crippen molar-refractivity contribution in [2.24, 2.45) is 0 Å². The lowest BCUT2D eigenvalue weighted by Gasteiger charge is -2.11. The number of carboxylic acid groups (broad SMARTS) is 1. The number of aryl methyl sites for hydroxylation is 2. The molecule has 0 spiro atoms. The van der Waals surface area contributed by atoms with Crippen LogP contribution in [0, 0.1) is 19.7 Å². The molecule has 0 heterocycles. The second-order valence-electron chi connectivity index (χ2n) is 4.76. The molecule has 0 saturated carbocycles. The highest BCUT2D eigenvalue weighted by atomic mass is 19.1. The fourth-order valence-electron chi connectivity index (χ4n) is 2.02. The number of rotatable bonds is 4. The van der Waals surface area contributed by atoms with Crippen molar-refractivity contribution >= 4 is 11.7 Å². The Morgan fingerprint density at radius 3 is 2.55 bits per heavy atom. The molecule has 0 aromatic heterocycles. The molecule has 2 aromatic carbocycles. The maximum absolute atomic E-state index is 13.0. The van der Waals surface area contributed by atoms with Crippen molar-refractivity contribution in [3.05, 3.63) is 64.5 Å². The lowest BCUT2D eigenvalue weighted by molar-refractivity contribution is 0.0696. The van der Waals surface area contributed by atoms with Crippen LogP contribution < -0.4 is 5.32 Å². The number of hydrogen-bond donors (Lipinski definition) is 2. The first-order valence-corrected chi connectivity index (χ1v) is 6.30. The molecular formula is C16H16FNO2. The Bertz CT molecular complexity index is 653. The third-order valence-electron chi connectivity index (χ3n) is 3.26. The van der Waals surface area contributed by atoms with Crippen molar-refractivity contribution < 1.29 is 14.3 Å². The highest BCUT2D eigenvalue weighted by molar-refractivity contribution is 5.90. The predicted octanol–water partition coefficient (Wildman–Crippen LogP) is 3.75. The van der Waals surface area contributed by atoms with Gasteiger partial charge in [0.1, 0.15) is 5.82 Å². The van der Waals surface area contributed by atoms with Gasteiger partial charge >= 0.3 is 5.97 Å². The molecule has 2 N–H and O–H groups in total. The first-order chi connectivity index (χ1) is 9.47. The number of halogens is 1. The van der Waals surface area contributed by atoms with Crippen LogP contribution in [0.25, 0.3) is 0 Å². The van der Waals surface area contributed by atoms with Gasteiger partial charge in [0, 0.05) is 12.2 Å². The summed E-state index contributed by atoms with van der Waals surface area (Å²) < 4.78 is 13.0. The van der Waals surface area contributed by atoms with Crippen LogP contribution in [0.2, 0.25) is 0 Å². The van der Waals surface area contributed by atoms with E-state index in [1.165, 1.54) is 12.1 Å². The number of nitrogens with one attached hydrogen (secondary N) is 1. The molecule has 0 bridgehead atoms. The molecule has 104 valence electrons. The lowest BCUT2D eigenvalue weighted by Crippen LogP contribution is -2.05. The molecule has 0 aliphatic heterocycles. The van der Waals surface area contributed by atoms with Gasteiger partial charge in [0.15, 0.2) is 0 Å². The summed E-state index contributed by atoms with van der Waals surface area (Å²) in [5.41, 5.74) is 3.58. The van der Waals surface area contributed by atoms with E-state index in [0.29, 0.717) is 6.54 Å². The van der Waals surface area contributed by atoms with Crippen molar-refractivity contribution in [1.82, 2.24) is 0 Å². The van der Waals surface area contributed by atoms with Gasteiger partial charge in [-0.25, -0.2) is 9.18 Å². The largest absolute Gasteiger partial charge is 0.478 e. The van der Waals surface area contributed by atoms with Crippen molar-refractivity contribution in [3.8, 4) is 0 Å². The molecule has 0 atom stereocenters. The molecule has 0 amide bonds. The standard InChI is InChI=1S/C16H16FNO2/c1-10-3-6-14(8-15(10)16(19)20)18-9-12-4-5-13(17)7-11(12)2/h3-8,18H,9H2,1-2H3,(H,19,20). The number of hydrogen-bond acceptors (Lipinski definition) is 2. The molecule has 0 radical (unpaired) electrons. The second kappa shape index (κ2) is 5.74. The lowest BCUT2D eigenvalue weighted by atomic mass is 10.1. The number of carbonyl (C=O) groups is 1. The smallest absolute Gasteiger partial charge is 0.336 e. The molecule has 0 unspecified atom stereocenters. The molecule has 0 saturated heterocycles. The first kappa shape index (κ1) is 14.1. The monoisotopic (exact) mass is 273 g/mol. The van der Waals surface area contributed by atoms with Gasteiger partial charge in [0.2, 0.25) is 0 Å². The fourth-order valence-corrected chi connectivity index (χ4v) is 2.02. The van der Waals surface area contributed by atoms with Gasteiger partial charge in [-0.1, -0.05) is 12.1 Å². The Kier molecular flexibility index (Phi) is 4.03. The Hall–Kier alpha value is -2.36. The third-order valence-corrected chi connectivity index (χ3v) is 3.26. The van der Waals surface area contributed by atoms with Crippen molar-refractivity contribution in [2.75, 3.05) is 5.32 Å². The molecule has 0 aliphatic rings. The van der Waals surface area contributed by atoms with Crippen LogP contribution in [0.4, 0.5) is 10.1 Å². The highest BCUT2D eigenvalue weighted by Gasteiger charge is 2.08. The van der Waals surface area contributed by atoms with E-state index in [9.17, 15) is 9.18 Å². The summed E-state index contributed by atoms with van der Waals surface area (Å²) in [6.45, 7) is 4.13. The summed E-state index contributed by atoms with van der Waals surface area (Å²) in [4.78, 5) is 11.1. The zero-order valence-corrected chi connectivity index (χ0v) is 11.4. The molecule has 4 heteroatoms. The van der Waals surface area contributed by atoms with E-state index in [0.717, 1.165) is 22.4 Å². The van der Waals surface area contributed by atoms with Crippen molar-refractivity contribution in [3.63, 3.8) is 0 Å². The summed E-state index contributed by atoms with van der Waals surface area (Å²) in [6.07, 6.45) is 0. The quantitative estimate of drug-likeness (QED) is 0.891. The molecule has 0 aliphatic carbocycles. The topological polar surface area (TPSA) is 49.3 Å². The molecule has 2 aromatic rings. The van der Waals surface area contributed by atoms with Crippen LogP contribution in [-0.2, 0) is 6.54 Å². The van der Waals surface area contributed by atoms with Crippen molar-refractivity contribution in [2.45, 2.75) is 20.4 Å². The minimum Gasteiger partial charge on any atom is -0.478 e. The summed E-state index contributed by atoms with van der Waals surface area (Å²) in [5.74, 6) is -1.20. The first-order valence-electron chi connectivity index (χ1n) is 6.30. The molecule has 3 nitrogen and oxygen atoms in total. The summed E-state index contributed by atoms with van der Waals surface area (Å²) >= 11 is 0. The zero-order chi connectivity index (χ0) is 14.7. The van der Waals surface area contributed by atoms with Gasteiger partial charge in [-0.3, -0.25) is 0 Å². The number of anilines is 1. The molecule has 0 fully saturated rings. The average molecular weight is 273 g/mol. The summed E-state index contributed by atoms with van der Waals surface area (Å²) in [6, 6.07) is 9.83. The van der Waals surface area contributed by atoms with Crippen LogP contribution in [0.5, 0.6) is 0 Å². The molecule has 2 rings (SSSR count). The maximum Gasteiger partial charge on any atom is 0.336 e. The van der Waals surface area contributed by atoms with E-state index >= 15 is 0 Å². The van der Waals surface area contributed by atoms with Crippen LogP contribution in [0.1, 0.15) is 27.0 Å². The zero-order valence-electron chi connectivity index (χ0n) is 11.4. The predicted molar refractivity (Wildman–Crippen MR) is 76.6 cm³/mol. The fraction of sp³-hybridized carbons (Fsp3) is 0.188. The normalized spacial score (nSPS) is 10.3. The number of carboxylic acids is 1. The van der Waals surface area contributed by atoms with Crippen molar-refractivity contribution in [1.29, 1.82) is 0 Å². The van der Waals surface area contributed by atoms with Gasteiger partial charge in [-0.2, -0.15) is 0 Å². The summed E-state index contributed by atoms with van der Waals surface area (Å²) in [7, 11) is 0. The van der Waals surface area contributed by atoms with Crippen LogP contribution >= 0.6 is 0 Å². The van der Waals surface area contributed by atoms with Crippen LogP contribution in [0.3, 0.4) is 0 Å². The third kappa shape index (κ3) is 3.15. The Morgan fingerprint density at radius 1 is 1.15 bits per heavy atom. The van der Waals surface area contributed by atoms with Gasteiger partial charge in [-0.15, -0.1) is 0 Å². The van der Waals surface area contributed by atoms with E-state index in [1.54, 1.807) is 25.1 Å². The maximum atomic E-state index is 13.0.